The number of carbonyl (C=O) groups excluding carboxylic acids is 1. The molecule has 0 bridgehead atoms. The summed E-state index contributed by atoms with van der Waals surface area (Å²) in [6.07, 6.45) is 1.63. The molecule has 134 valence electrons. The van der Waals surface area contributed by atoms with Crippen LogP contribution in [0.4, 0.5) is 0 Å². The number of benzene rings is 2. The van der Waals surface area contributed by atoms with Crippen LogP contribution < -0.4 is 9.47 Å². The molecule has 0 saturated carbocycles. The fraction of sp³-hybridized carbons (Fsp3) is 0.158. The lowest BCUT2D eigenvalue weighted by Crippen LogP contribution is -2.05. The van der Waals surface area contributed by atoms with Crippen molar-refractivity contribution >= 4 is 45.5 Å². The fourth-order valence-electron chi connectivity index (χ4n) is 2.44. The van der Waals surface area contributed by atoms with Crippen LogP contribution in [0.25, 0.3) is 6.08 Å². The minimum absolute atomic E-state index is 0.194. The topological polar surface area (TPSA) is 57.1 Å². The SMILES string of the molecule is CCOc1cc(C=C2N=C(c3cccc(Cl)c3)OC2=O)cc(Br)c1OC. The molecule has 0 spiro atoms. The number of aliphatic imine (C=N–C) groups is 1. The molecule has 0 amide bonds. The summed E-state index contributed by atoms with van der Waals surface area (Å²) < 4.78 is 16.9. The normalized spacial score (nSPS) is 15.0. The predicted molar refractivity (Wildman–Crippen MR) is 104 cm³/mol. The van der Waals surface area contributed by atoms with Gasteiger partial charge in [0.25, 0.3) is 0 Å². The van der Waals surface area contributed by atoms with Crippen molar-refractivity contribution in [2.24, 2.45) is 4.99 Å². The number of halogens is 2. The van der Waals surface area contributed by atoms with E-state index in [1.54, 1.807) is 43.5 Å². The Balaban J connectivity index is 1.98. The molecule has 7 heteroatoms. The molecule has 26 heavy (non-hydrogen) atoms. The number of esters is 1. The van der Waals surface area contributed by atoms with Crippen LogP contribution in [0.3, 0.4) is 0 Å². The van der Waals surface area contributed by atoms with Gasteiger partial charge in [0, 0.05) is 10.6 Å². The molecule has 2 aromatic carbocycles. The zero-order valence-electron chi connectivity index (χ0n) is 14.1. The highest BCUT2D eigenvalue weighted by atomic mass is 79.9. The monoisotopic (exact) mass is 435 g/mol. The van der Waals surface area contributed by atoms with Crippen molar-refractivity contribution in [1.82, 2.24) is 0 Å². The van der Waals surface area contributed by atoms with Gasteiger partial charge >= 0.3 is 5.97 Å². The smallest absolute Gasteiger partial charge is 0.363 e. The maximum absolute atomic E-state index is 12.2. The zero-order chi connectivity index (χ0) is 18.7. The highest BCUT2D eigenvalue weighted by Crippen LogP contribution is 2.37. The molecule has 2 aromatic rings. The maximum Gasteiger partial charge on any atom is 0.363 e. The molecular formula is C19H15BrClNO4. The Kier molecular flexibility index (Phi) is 5.64. The molecule has 5 nitrogen and oxygen atoms in total. The Morgan fingerprint density at radius 1 is 1.31 bits per heavy atom. The van der Waals surface area contributed by atoms with Crippen LogP contribution in [-0.4, -0.2) is 25.6 Å². The van der Waals surface area contributed by atoms with Crippen LogP contribution >= 0.6 is 27.5 Å². The first-order valence-corrected chi connectivity index (χ1v) is 8.97. The summed E-state index contributed by atoms with van der Waals surface area (Å²) in [4.78, 5) is 16.4. The number of methoxy groups -OCH3 is 1. The number of rotatable bonds is 5. The Labute approximate surface area is 164 Å². The van der Waals surface area contributed by atoms with Crippen molar-refractivity contribution in [2.45, 2.75) is 6.92 Å². The van der Waals surface area contributed by atoms with E-state index in [1.165, 1.54) is 0 Å². The van der Waals surface area contributed by atoms with Crippen LogP contribution in [-0.2, 0) is 9.53 Å². The molecular weight excluding hydrogens is 422 g/mol. The number of nitrogens with zero attached hydrogens (tertiary/aromatic N) is 1. The second kappa shape index (κ2) is 7.93. The third-order valence-corrected chi connectivity index (χ3v) is 4.36. The zero-order valence-corrected chi connectivity index (χ0v) is 16.4. The summed E-state index contributed by atoms with van der Waals surface area (Å²) in [5, 5.41) is 0.541. The third-order valence-electron chi connectivity index (χ3n) is 3.53. The summed E-state index contributed by atoms with van der Waals surface area (Å²) in [5.74, 6) is 0.860. The van der Waals surface area contributed by atoms with Crippen LogP contribution in [0.15, 0.2) is 51.6 Å². The lowest BCUT2D eigenvalue weighted by Gasteiger charge is -2.12. The first-order chi connectivity index (χ1) is 12.5. The van der Waals surface area contributed by atoms with Gasteiger partial charge in [-0.1, -0.05) is 17.7 Å². The summed E-state index contributed by atoms with van der Waals surface area (Å²) in [5.41, 5.74) is 1.56. The van der Waals surface area contributed by atoms with Gasteiger partial charge in [0.15, 0.2) is 17.2 Å². The molecule has 0 unspecified atom stereocenters. The molecule has 0 fully saturated rings. The maximum atomic E-state index is 12.2. The molecule has 1 heterocycles. The molecule has 0 radical (unpaired) electrons. The number of hydrogen-bond donors (Lipinski definition) is 0. The fourth-order valence-corrected chi connectivity index (χ4v) is 3.26. The van der Waals surface area contributed by atoms with Gasteiger partial charge in [-0.2, -0.15) is 0 Å². The Morgan fingerprint density at radius 2 is 2.12 bits per heavy atom. The van der Waals surface area contributed by atoms with Crippen molar-refractivity contribution < 1.29 is 19.0 Å². The molecule has 1 aliphatic heterocycles. The van der Waals surface area contributed by atoms with E-state index in [0.29, 0.717) is 33.2 Å². The van der Waals surface area contributed by atoms with E-state index in [4.69, 9.17) is 25.8 Å². The van der Waals surface area contributed by atoms with E-state index in [2.05, 4.69) is 20.9 Å². The minimum atomic E-state index is -0.523. The lowest BCUT2D eigenvalue weighted by atomic mass is 10.1. The average Bonchev–Trinajstić information content (AvgIpc) is 2.96. The molecule has 0 aliphatic carbocycles. The number of hydrogen-bond acceptors (Lipinski definition) is 5. The number of ether oxygens (including phenoxy) is 3. The van der Waals surface area contributed by atoms with Crippen molar-refractivity contribution in [1.29, 1.82) is 0 Å². The molecule has 0 N–H and O–H groups in total. The van der Waals surface area contributed by atoms with Gasteiger partial charge in [0.1, 0.15) is 0 Å². The Hall–Kier alpha value is -2.31. The van der Waals surface area contributed by atoms with E-state index >= 15 is 0 Å². The Bertz CT molecular complexity index is 924. The molecule has 3 rings (SSSR count). The summed E-state index contributed by atoms with van der Waals surface area (Å²) in [6, 6.07) is 10.6. The number of cyclic esters (lactones) is 1. The first kappa shape index (κ1) is 18.5. The molecule has 0 aromatic heterocycles. The standard InChI is InChI=1S/C19H15BrClNO4/c1-3-25-16-9-11(7-14(20)17(16)24-2)8-15-19(23)26-18(22-15)12-5-4-6-13(21)10-12/h4-10H,3H2,1-2H3. The highest BCUT2D eigenvalue weighted by molar-refractivity contribution is 9.10. The van der Waals surface area contributed by atoms with Crippen molar-refractivity contribution in [3.05, 3.63) is 62.7 Å². The van der Waals surface area contributed by atoms with Gasteiger partial charge in [0.2, 0.25) is 5.90 Å². The third kappa shape index (κ3) is 3.92. The highest BCUT2D eigenvalue weighted by Gasteiger charge is 2.24. The minimum Gasteiger partial charge on any atom is -0.492 e. The quantitative estimate of drug-likeness (QED) is 0.496. The van der Waals surface area contributed by atoms with Crippen LogP contribution in [0.5, 0.6) is 11.5 Å². The van der Waals surface area contributed by atoms with Gasteiger partial charge in [-0.05, 0) is 64.8 Å². The van der Waals surface area contributed by atoms with E-state index < -0.39 is 5.97 Å². The van der Waals surface area contributed by atoms with Gasteiger partial charge < -0.3 is 14.2 Å². The van der Waals surface area contributed by atoms with Gasteiger partial charge in [-0.15, -0.1) is 0 Å². The predicted octanol–water partition coefficient (Wildman–Crippen LogP) is 4.85. The Morgan fingerprint density at radius 3 is 2.81 bits per heavy atom. The second-order valence-electron chi connectivity index (χ2n) is 5.31. The van der Waals surface area contributed by atoms with Gasteiger partial charge in [0.05, 0.1) is 18.2 Å². The van der Waals surface area contributed by atoms with Crippen LogP contribution in [0.2, 0.25) is 5.02 Å². The summed E-state index contributed by atoms with van der Waals surface area (Å²) >= 11 is 9.43. The summed E-state index contributed by atoms with van der Waals surface area (Å²) in [6.45, 7) is 2.37. The van der Waals surface area contributed by atoms with E-state index in [-0.39, 0.29) is 11.6 Å². The first-order valence-electron chi connectivity index (χ1n) is 7.80. The van der Waals surface area contributed by atoms with Crippen molar-refractivity contribution in [2.75, 3.05) is 13.7 Å². The van der Waals surface area contributed by atoms with Crippen LogP contribution in [0, 0.1) is 0 Å². The molecule has 0 atom stereocenters. The lowest BCUT2D eigenvalue weighted by molar-refractivity contribution is -0.129. The van der Waals surface area contributed by atoms with Crippen molar-refractivity contribution in [3.63, 3.8) is 0 Å². The van der Waals surface area contributed by atoms with E-state index in [9.17, 15) is 4.79 Å². The molecule has 0 saturated heterocycles. The largest absolute Gasteiger partial charge is 0.492 e. The van der Waals surface area contributed by atoms with Gasteiger partial charge in [-0.3, -0.25) is 0 Å². The molecule has 1 aliphatic rings. The van der Waals surface area contributed by atoms with E-state index in [1.807, 2.05) is 13.0 Å². The van der Waals surface area contributed by atoms with E-state index in [0.717, 1.165) is 5.56 Å². The average molecular weight is 437 g/mol. The van der Waals surface area contributed by atoms with Gasteiger partial charge in [-0.25, -0.2) is 9.79 Å². The number of carbonyl (C=O) groups is 1. The summed E-state index contributed by atoms with van der Waals surface area (Å²) in [7, 11) is 1.57. The van der Waals surface area contributed by atoms with Crippen LogP contribution in [0.1, 0.15) is 18.1 Å². The van der Waals surface area contributed by atoms with Crippen molar-refractivity contribution in [3.8, 4) is 11.5 Å². The second-order valence-corrected chi connectivity index (χ2v) is 6.60.